The van der Waals surface area contributed by atoms with Gasteiger partial charge in [0.2, 0.25) is 5.82 Å². The van der Waals surface area contributed by atoms with Crippen molar-refractivity contribution in [3.05, 3.63) is 35.2 Å². The second kappa shape index (κ2) is 8.46. The molecule has 0 radical (unpaired) electrons. The molecule has 1 saturated heterocycles. The Balaban J connectivity index is 1.56. The molecule has 1 aromatic carbocycles. The molecule has 0 atom stereocenters. The largest absolute Gasteiger partial charge is 0.491 e. The lowest BCUT2D eigenvalue weighted by Crippen LogP contribution is -2.25. The fraction of sp³-hybridized carbons (Fsp3) is 0.375. The fourth-order valence-electron chi connectivity index (χ4n) is 2.58. The molecule has 1 aliphatic rings. The Bertz CT molecular complexity index is 763. The fourth-order valence-corrected chi connectivity index (χ4v) is 2.81. The molecule has 0 unspecified atom stereocenters. The van der Waals surface area contributed by atoms with E-state index < -0.39 is 0 Å². The number of hydrogen-bond acceptors (Lipinski definition) is 7. The number of aromatic nitrogens is 4. The lowest BCUT2D eigenvalue weighted by molar-refractivity contribution is 0.238. The van der Waals surface area contributed by atoms with Crippen LogP contribution in [-0.4, -0.2) is 51.8 Å². The Morgan fingerprint density at radius 3 is 2.96 bits per heavy atom. The van der Waals surface area contributed by atoms with Crippen molar-refractivity contribution < 1.29 is 4.74 Å². The summed E-state index contributed by atoms with van der Waals surface area (Å²) in [5.74, 6) is 0.872. The molecule has 0 amide bonds. The van der Waals surface area contributed by atoms with Gasteiger partial charge in [-0.15, -0.1) is 10.2 Å². The zero-order valence-electron chi connectivity index (χ0n) is 13.6. The zero-order valence-corrected chi connectivity index (χ0v) is 14.3. The number of nitrogens with zero attached hydrogens (tertiary/aromatic N) is 5. The van der Waals surface area contributed by atoms with Crippen molar-refractivity contribution in [2.75, 3.05) is 31.6 Å². The summed E-state index contributed by atoms with van der Waals surface area (Å²) >= 11 is 6.27. The van der Waals surface area contributed by atoms with Gasteiger partial charge in [-0.25, -0.2) is 0 Å². The SMILES string of the molecule is N#CC(=CNc1ccc(OCCN2CCCC2)c(Cl)c1)c1nn[nH]n1. The summed E-state index contributed by atoms with van der Waals surface area (Å²) in [5, 5.41) is 25.9. The highest BCUT2D eigenvalue weighted by molar-refractivity contribution is 6.32. The van der Waals surface area contributed by atoms with Gasteiger partial charge in [0.1, 0.15) is 24.0 Å². The van der Waals surface area contributed by atoms with Gasteiger partial charge in [0.05, 0.1) is 5.02 Å². The maximum absolute atomic E-state index is 9.13. The number of anilines is 1. The molecule has 25 heavy (non-hydrogen) atoms. The van der Waals surface area contributed by atoms with Crippen LogP contribution in [0.15, 0.2) is 24.4 Å². The van der Waals surface area contributed by atoms with Crippen molar-refractivity contribution >= 4 is 22.9 Å². The monoisotopic (exact) mass is 359 g/mol. The smallest absolute Gasteiger partial charge is 0.216 e. The van der Waals surface area contributed by atoms with Gasteiger partial charge in [-0.1, -0.05) is 11.6 Å². The van der Waals surface area contributed by atoms with Gasteiger partial charge in [-0.05, 0) is 49.3 Å². The molecule has 3 rings (SSSR count). The van der Waals surface area contributed by atoms with Crippen LogP contribution in [0.4, 0.5) is 5.69 Å². The van der Waals surface area contributed by atoms with E-state index in [-0.39, 0.29) is 11.4 Å². The molecule has 2 aromatic rings. The summed E-state index contributed by atoms with van der Waals surface area (Å²) in [6.45, 7) is 3.82. The van der Waals surface area contributed by atoms with Crippen LogP contribution in [0, 0.1) is 11.3 Å². The molecular formula is C16H18ClN7O. The molecule has 0 spiro atoms. The highest BCUT2D eigenvalue weighted by Crippen LogP contribution is 2.28. The number of ether oxygens (including phenoxy) is 1. The molecule has 8 nitrogen and oxygen atoms in total. The number of nitriles is 1. The topological polar surface area (TPSA) is 103 Å². The van der Waals surface area contributed by atoms with Crippen LogP contribution in [0.1, 0.15) is 18.7 Å². The van der Waals surface area contributed by atoms with Crippen molar-refractivity contribution in [2.24, 2.45) is 0 Å². The molecule has 1 aromatic heterocycles. The van der Waals surface area contributed by atoms with Gasteiger partial charge in [0.25, 0.3) is 0 Å². The van der Waals surface area contributed by atoms with Crippen LogP contribution in [0.2, 0.25) is 5.02 Å². The minimum Gasteiger partial charge on any atom is -0.491 e. The predicted octanol–water partition coefficient (Wildman–Crippen LogP) is 2.30. The zero-order chi connectivity index (χ0) is 17.5. The van der Waals surface area contributed by atoms with Crippen molar-refractivity contribution in [2.45, 2.75) is 12.8 Å². The average Bonchev–Trinajstić information content (AvgIpc) is 3.31. The first kappa shape index (κ1) is 17.2. The van der Waals surface area contributed by atoms with E-state index >= 15 is 0 Å². The van der Waals surface area contributed by atoms with Gasteiger partial charge in [-0.2, -0.15) is 10.5 Å². The van der Waals surface area contributed by atoms with E-state index in [0.717, 1.165) is 25.3 Å². The third kappa shape index (κ3) is 4.68. The van der Waals surface area contributed by atoms with E-state index in [1.54, 1.807) is 6.07 Å². The van der Waals surface area contributed by atoms with Crippen LogP contribution in [-0.2, 0) is 0 Å². The first-order valence-corrected chi connectivity index (χ1v) is 8.39. The number of rotatable bonds is 7. The summed E-state index contributed by atoms with van der Waals surface area (Å²) < 4.78 is 5.76. The Morgan fingerprint density at radius 2 is 2.28 bits per heavy atom. The van der Waals surface area contributed by atoms with Crippen LogP contribution < -0.4 is 10.1 Å². The molecule has 130 valence electrons. The molecule has 0 saturated carbocycles. The van der Waals surface area contributed by atoms with E-state index in [0.29, 0.717) is 17.4 Å². The Hall–Kier alpha value is -2.63. The molecule has 0 aliphatic carbocycles. The van der Waals surface area contributed by atoms with E-state index in [1.807, 2.05) is 18.2 Å². The highest BCUT2D eigenvalue weighted by Gasteiger charge is 2.11. The highest BCUT2D eigenvalue weighted by atomic mass is 35.5. The lowest BCUT2D eigenvalue weighted by atomic mass is 10.2. The van der Waals surface area contributed by atoms with Gasteiger partial charge in [0.15, 0.2) is 0 Å². The van der Waals surface area contributed by atoms with Crippen LogP contribution in [0.5, 0.6) is 5.75 Å². The first-order chi connectivity index (χ1) is 12.3. The second-order valence-electron chi connectivity index (χ2n) is 5.59. The number of benzene rings is 1. The average molecular weight is 360 g/mol. The second-order valence-corrected chi connectivity index (χ2v) is 6.00. The lowest BCUT2D eigenvalue weighted by Gasteiger charge is -2.15. The number of aromatic amines is 1. The number of halogens is 1. The van der Waals surface area contributed by atoms with Gasteiger partial charge in [0, 0.05) is 18.4 Å². The maximum atomic E-state index is 9.13. The number of nitrogens with one attached hydrogen (secondary N) is 2. The number of allylic oxidation sites excluding steroid dienone is 1. The quantitative estimate of drug-likeness (QED) is 0.731. The molecule has 2 N–H and O–H groups in total. The van der Waals surface area contributed by atoms with E-state index in [9.17, 15) is 0 Å². The Labute approximate surface area is 150 Å². The third-order valence-corrected chi connectivity index (χ3v) is 4.18. The molecule has 1 aliphatic heterocycles. The summed E-state index contributed by atoms with van der Waals surface area (Å²) in [6, 6.07) is 7.39. The van der Waals surface area contributed by atoms with Gasteiger partial charge in [-0.3, -0.25) is 4.90 Å². The van der Waals surface area contributed by atoms with Gasteiger partial charge >= 0.3 is 0 Å². The summed E-state index contributed by atoms with van der Waals surface area (Å²) in [4.78, 5) is 2.38. The van der Waals surface area contributed by atoms with Crippen molar-refractivity contribution in [3.8, 4) is 11.8 Å². The standard InChI is InChI=1S/C16H18ClN7O/c17-14-9-13(19-11-12(10-18)16-20-22-23-21-16)3-4-15(14)25-8-7-24-5-1-2-6-24/h3-4,9,11,19H,1-2,5-8H2,(H,20,21,22,23). The van der Waals surface area contributed by atoms with E-state index in [2.05, 4.69) is 30.8 Å². The number of H-pyrrole nitrogens is 1. The minimum absolute atomic E-state index is 0.225. The van der Waals surface area contributed by atoms with Crippen LogP contribution in [0.25, 0.3) is 5.57 Å². The number of likely N-dealkylation sites (tertiary alicyclic amines) is 1. The summed E-state index contributed by atoms with van der Waals surface area (Å²) in [7, 11) is 0. The van der Waals surface area contributed by atoms with Crippen LogP contribution >= 0.6 is 11.6 Å². The third-order valence-electron chi connectivity index (χ3n) is 3.89. The Kier molecular flexibility index (Phi) is 5.82. The normalized spacial score (nSPS) is 15.1. The van der Waals surface area contributed by atoms with Crippen molar-refractivity contribution in [1.82, 2.24) is 25.5 Å². The van der Waals surface area contributed by atoms with Crippen molar-refractivity contribution in [3.63, 3.8) is 0 Å². The molecule has 0 bridgehead atoms. The predicted molar refractivity (Wildman–Crippen MR) is 94.0 cm³/mol. The van der Waals surface area contributed by atoms with Gasteiger partial charge < -0.3 is 10.1 Å². The number of hydrogen-bond donors (Lipinski definition) is 2. The molecule has 2 heterocycles. The van der Waals surface area contributed by atoms with Crippen molar-refractivity contribution in [1.29, 1.82) is 5.26 Å². The van der Waals surface area contributed by atoms with Crippen LogP contribution in [0.3, 0.4) is 0 Å². The number of tetrazole rings is 1. The first-order valence-electron chi connectivity index (χ1n) is 8.01. The van der Waals surface area contributed by atoms with E-state index in [4.69, 9.17) is 21.6 Å². The molecule has 1 fully saturated rings. The summed E-state index contributed by atoms with van der Waals surface area (Å²) in [6.07, 6.45) is 4.04. The maximum Gasteiger partial charge on any atom is 0.216 e. The van der Waals surface area contributed by atoms with E-state index in [1.165, 1.54) is 19.0 Å². The minimum atomic E-state index is 0.225. The Morgan fingerprint density at radius 1 is 1.44 bits per heavy atom. The molecule has 9 heteroatoms. The molecular weight excluding hydrogens is 342 g/mol. The summed E-state index contributed by atoms with van der Waals surface area (Å²) in [5.41, 5.74) is 0.990.